The lowest BCUT2D eigenvalue weighted by atomic mass is 9.95. The Morgan fingerprint density at radius 1 is 1.47 bits per heavy atom. The quantitative estimate of drug-likeness (QED) is 0.904. The number of benzene rings is 1. The predicted molar refractivity (Wildman–Crippen MR) is 73.1 cm³/mol. The molecule has 1 aliphatic heterocycles. The second-order valence-electron chi connectivity index (χ2n) is 5.26. The van der Waals surface area contributed by atoms with Crippen molar-refractivity contribution in [3.8, 4) is 0 Å². The van der Waals surface area contributed by atoms with E-state index in [9.17, 15) is 9.18 Å². The average Bonchev–Trinajstić information content (AvgIpc) is 2.42. The number of hydrogen-bond acceptors (Lipinski definition) is 2. The van der Waals surface area contributed by atoms with Gasteiger partial charge in [0.2, 0.25) is 5.91 Å². The molecule has 104 valence electrons. The van der Waals surface area contributed by atoms with Crippen molar-refractivity contribution in [3.63, 3.8) is 0 Å². The van der Waals surface area contributed by atoms with Gasteiger partial charge in [-0.25, -0.2) is 4.39 Å². The smallest absolute Gasteiger partial charge is 0.222 e. The van der Waals surface area contributed by atoms with Gasteiger partial charge in [-0.05, 0) is 37.9 Å². The normalized spacial score (nSPS) is 19.2. The van der Waals surface area contributed by atoms with E-state index in [0.29, 0.717) is 24.4 Å². The molecule has 0 saturated carbocycles. The molecule has 1 unspecified atom stereocenters. The first-order chi connectivity index (χ1) is 9.16. The third kappa shape index (κ3) is 4.03. The first kappa shape index (κ1) is 14.0. The molecule has 1 N–H and O–H groups in total. The first-order valence-corrected chi connectivity index (χ1v) is 6.85. The Morgan fingerprint density at radius 3 is 2.95 bits per heavy atom. The predicted octanol–water partition coefficient (Wildman–Crippen LogP) is 2.17. The molecule has 3 nitrogen and oxygen atoms in total. The number of hydrogen-bond donors (Lipinski definition) is 1. The summed E-state index contributed by atoms with van der Waals surface area (Å²) < 4.78 is 13.5. The van der Waals surface area contributed by atoms with Gasteiger partial charge in [0.15, 0.2) is 0 Å². The Hall–Kier alpha value is -1.42. The SMILES string of the molecule is CN(Cc1ccccc1F)C(=O)CC1CCCNC1. The first-order valence-electron chi connectivity index (χ1n) is 6.85. The van der Waals surface area contributed by atoms with Gasteiger partial charge < -0.3 is 10.2 Å². The minimum absolute atomic E-state index is 0.0944. The van der Waals surface area contributed by atoms with Crippen molar-refractivity contribution in [2.75, 3.05) is 20.1 Å². The van der Waals surface area contributed by atoms with Crippen LogP contribution in [0.3, 0.4) is 0 Å². The summed E-state index contributed by atoms with van der Waals surface area (Å²) in [6, 6.07) is 6.61. The molecule has 1 amide bonds. The van der Waals surface area contributed by atoms with Crippen molar-refractivity contribution in [3.05, 3.63) is 35.6 Å². The summed E-state index contributed by atoms with van der Waals surface area (Å²) in [5.41, 5.74) is 0.570. The van der Waals surface area contributed by atoms with Crippen molar-refractivity contribution in [2.24, 2.45) is 5.92 Å². The lowest BCUT2D eigenvalue weighted by Gasteiger charge is -2.25. The maximum Gasteiger partial charge on any atom is 0.222 e. The van der Waals surface area contributed by atoms with E-state index >= 15 is 0 Å². The zero-order chi connectivity index (χ0) is 13.7. The van der Waals surface area contributed by atoms with E-state index < -0.39 is 0 Å². The zero-order valence-corrected chi connectivity index (χ0v) is 11.4. The Bertz CT molecular complexity index is 430. The Morgan fingerprint density at radius 2 is 2.26 bits per heavy atom. The Labute approximate surface area is 113 Å². The fourth-order valence-electron chi connectivity index (χ4n) is 2.47. The van der Waals surface area contributed by atoms with Crippen LogP contribution in [0.5, 0.6) is 0 Å². The number of rotatable bonds is 4. The largest absolute Gasteiger partial charge is 0.341 e. The number of amides is 1. The van der Waals surface area contributed by atoms with Crippen molar-refractivity contribution in [1.82, 2.24) is 10.2 Å². The van der Waals surface area contributed by atoms with Crippen LogP contribution in [0.4, 0.5) is 4.39 Å². The minimum atomic E-state index is -0.249. The molecule has 1 aromatic carbocycles. The van der Waals surface area contributed by atoms with Gasteiger partial charge in [0.25, 0.3) is 0 Å². The molecule has 1 saturated heterocycles. The third-order valence-corrected chi connectivity index (χ3v) is 3.65. The molecule has 0 aromatic heterocycles. The summed E-state index contributed by atoms with van der Waals surface area (Å²) in [5, 5.41) is 3.31. The third-order valence-electron chi connectivity index (χ3n) is 3.65. The summed E-state index contributed by atoms with van der Waals surface area (Å²) >= 11 is 0. The molecule has 1 aromatic rings. The number of piperidine rings is 1. The molecular weight excluding hydrogens is 243 g/mol. The van der Waals surface area contributed by atoms with Crippen molar-refractivity contribution in [1.29, 1.82) is 0 Å². The summed E-state index contributed by atoms with van der Waals surface area (Å²) in [6.45, 7) is 2.31. The minimum Gasteiger partial charge on any atom is -0.341 e. The van der Waals surface area contributed by atoms with Crippen LogP contribution in [0.15, 0.2) is 24.3 Å². The Kier molecular flexibility index (Phi) is 4.91. The van der Waals surface area contributed by atoms with Crippen LogP contribution in [0.25, 0.3) is 0 Å². The molecule has 4 heteroatoms. The highest BCUT2D eigenvalue weighted by atomic mass is 19.1. The van der Waals surface area contributed by atoms with Crippen molar-refractivity contribution in [2.45, 2.75) is 25.8 Å². The lowest BCUT2D eigenvalue weighted by molar-refractivity contribution is -0.131. The van der Waals surface area contributed by atoms with E-state index in [1.54, 1.807) is 30.1 Å². The van der Waals surface area contributed by atoms with Gasteiger partial charge in [-0.3, -0.25) is 4.79 Å². The number of nitrogens with zero attached hydrogens (tertiary/aromatic N) is 1. The van der Waals surface area contributed by atoms with Gasteiger partial charge in [-0.15, -0.1) is 0 Å². The molecule has 0 bridgehead atoms. The molecule has 0 spiro atoms. The highest BCUT2D eigenvalue weighted by Crippen LogP contribution is 2.16. The van der Waals surface area contributed by atoms with E-state index in [1.807, 2.05) is 0 Å². The van der Waals surface area contributed by atoms with Crippen molar-refractivity contribution >= 4 is 5.91 Å². The summed E-state index contributed by atoms with van der Waals surface area (Å²) in [6.07, 6.45) is 2.79. The van der Waals surface area contributed by atoms with E-state index in [1.165, 1.54) is 6.07 Å². The van der Waals surface area contributed by atoms with Crippen LogP contribution in [0.1, 0.15) is 24.8 Å². The van der Waals surface area contributed by atoms with Crippen LogP contribution in [-0.4, -0.2) is 30.9 Å². The second kappa shape index (κ2) is 6.66. The highest BCUT2D eigenvalue weighted by Gasteiger charge is 2.19. The van der Waals surface area contributed by atoms with Gasteiger partial charge in [-0.2, -0.15) is 0 Å². The molecule has 19 heavy (non-hydrogen) atoms. The summed E-state index contributed by atoms with van der Waals surface area (Å²) in [5.74, 6) is 0.266. The fourth-order valence-corrected chi connectivity index (χ4v) is 2.47. The molecule has 1 atom stereocenters. The number of carbonyl (C=O) groups is 1. The van der Waals surface area contributed by atoms with Crippen LogP contribution in [-0.2, 0) is 11.3 Å². The molecule has 0 aliphatic carbocycles. The highest BCUT2D eigenvalue weighted by molar-refractivity contribution is 5.76. The molecule has 1 heterocycles. The maximum absolute atomic E-state index is 13.5. The van der Waals surface area contributed by atoms with Crippen LogP contribution >= 0.6 is 0 Å². The monoisotopic (exact) mass is 264 g/mol. The van der Waals surface area contributed by atoms with E-state index in [-0.39, 0.29) is 11.7 Å². The van der Waals surface area contributed by atoms with Gasteiger partial charge in [0, 0.05) is 25.6 Å². The second-order valence-corrected chi connectivity index (χ2v) is 5.26. The molecular formula is C15H21FN2O. The number of halogens is 1. The summed E-state index contributed by atoms with van der Waals surface area (Å²) in [7, 11) is 1.74. The van der Waals surface area contributed by atoms with E-state index in [0.717, 1.165) is 25.9 Å². The molecule has 1 aliphatic rings. The van der Waals surface area contributed by atoms with Gasteiger partial charge in [0.1, 0.15) is 5.82 Å². The van der Waals surface area contributed by atoms with Crippen LogP contribution in [0, 0.1) is 11.7 Å². The van der Waals surface area contributed by atoms with Gasteiger partial charge in [0.05, 0.1) is 0 Å². The van der Waals surface area contributed by atoms with Crippen molar-refractivity contribution < 1.29 is 9.18 Å². The number of nitrogens with one attached hydrogen (secondary N) is 1. The standard InChI is InChI=1S/C15H21FN2O/c1-18(11-13-6-2-3-7-14(13)16)15(19)9-12-5-4-8-17-10-12/h2-3,6-7,12,17H,4-5,8-11H2,1H3. The molecule has 1 fully saturated rings. The molecule has 0 radical (unpaired) electrons. The van der Waals surface area contributed by atoms with E-state index in [2.05, 4.69) is 5.32 Å². The molecule has 2 rings (SSSR count). The summed E-state index contributed by atoms with van der Waals surface area (Å²) in [4.78, 5) is 13.7. The van der Waals surface area contributed by atoms with Crippen LogP contribution in [0.2, 0.25) is 0 Å². The average molecular weight is 264 g/mol. The fraction of sp³-hybridized carbons (Fsp3) is 0.533. The topological polar surface area (TPSA) is 32.3 Å². The van der Waals surface area contributed by atoms with Gasteiger partial charge in [-0.1, -0.05) is 18.2 Å². The van der Waals surface area contributed by atoms with Crippen LogP contribution < -0.4 is 5.32 Å². The number of carbonyl (C=O) groups excluding carboxylic acids is 1. The maximum atomic E-state index is 13.5. The zero-order valence-electron chi connectivity index (χ0n) is 11.4. The van der Waals surface area contributed by atoms with E-state index in [4.69, 9.17) is 0 Å². The van der Waals surface area contributed by atoms with Gasteiger partial charge >= 0.3 is 0 Å². The Balaban J connectivity index is 1.87. The lowest BCUT2D eigenvalue weighted by Crippen LogP contribution is -2.35.